The predicted octanol–water partition coefficient (Wildman–Crippen LogP) is 3.69. The van der Waals surface area contributed by atoms with E-state index in [2.05, 4.69) is 20.4 Å². The van der Waals surface area contributed by atoms with Crippen LogP contribution >= 0.6 is 0 Å². The predicted molar refractivity (Wildman–Crippen MR) is 55.7 cm³/mol. The van der Waals surface area contributed by atoms with Crippen LogP contribution in [0.5, 0.6) is 0 Å². The van der Waals surface area contributed by atoms with Gasteiger partial charge >= 0.3 is 0 Å². The van der Waals surface area contributed by atoms with Gasteiger partial charge in [-0.25, -0.2) is 6.08 Å². The van der Waals surface area contributed by atoms with Gasteiger partial charge in [0.15, 0.2) is 0 Å². The smallest absolute Gasteiger partial charge is 0 e. The largest absolute Gasteiger partial charge is 0.292 e. The van der Waals surface area contributed by atoms with E-state index in [9.17, 15) is 0 Å². The molecular weight excluding hydrogens is 403 g/mol. The van der Waals surface area contributed by atoms with Gasteiger partial charge in [0.05, 0.1) is 0 Å². The number of rotatable bonds is 4. The summed E-state index contributed by atoms with van der Waals surface area (Å²) in [6, 6.07) is 0. The van der Waals surface area contributed by atoms with E-state index in [1.807, 2.05) is 19.1 Å². The van der Waals surface area contributed by atoms with E-state index in [0.717, 1.165) is 5.57 Å². The first-order chi connectivity index (χ1) is 5.67. The normalized spacial score (nSPS) is 12.3. The molecule has 0 saturated carbocycles. The van der Waals surface area contributed by atoms with Crippen molar-refractivity contribution in [2.75, 3.05) is 0 Å². The Bertz CT molecular complexity index is 219. The van der Waals surface area contributed by atoms with Crippen LogP contribution in [0.15, 0.2) is 42.0 Å². The molecule has 0 rings (SSSR count). The Morgan fingerprint density at radius 3 is 2.15 bits per heavy atom. The molecule has 0 nitrogen and oxygen atoms in total. The molecule has 0 fully saturated rings. The fraction of sp³-hybridized carbons (Fsp3) is 0.333. The van der Waals surface area contributed by atoms with Crippen LogP contribution in [0.25, 0.3) is 0 Å². The average molecular weight is 420 g/mol. The monoisotopic (exact) mass is 420 g/mol. The minimum absolute atomic E-state index is 0. The van der Waals surface area contributed by atoms with Gasteiger partial charge in [-0.3, -0.25) is 6.58 Å². The van der Waals surface area contributed by atoms with Gasteiger partial charge < -0.3 is 0 Å². The second-order valence-corrected chi connectivity index (χ2v) is 2.92. The van der Waals surface area contributed by atoms with Gasteiger partial charge in [0.1, 0.15) is 0 Å². The fourth-order valence-electron chi connectivity index (χ4n) is 1.11. The Hall–Kier alpha value is -2.04. The van der Waals surface area contributed by atoms with Gasteiger partial charge in [-0.05, 0) is 5.92 Å². The first-order valence-electron chi connectivity index (χ1n) is 4.21. The van der Waals surface area contributed by atoms with Crippen LogP contribution in [0.1, 0.15) is 20.8 Å². The van der Waals surface area contributed by atoms with E-state index >= 15 is 0 Å². The first kappa shape index (κ1) is 13.5. The van der Waals surface area contributed by atoms with E-state index in [1.165, 1.54) is 5.57 Å². The Labute approximate surface area is 76.0 Å². The van der Waals surface area contributed by atoms with Gasteiger partial charge in [-0.1, -0.05) is 39.5 Å². The second kappa shape index (κ2) is 6.66. The Morgan fingerprint density at radius 1 is 1.38 bits per heavy atom. The van der Waals surface area contributed by atoms with E-state index < -0.39 is 0 Å². The standard InChI is InChI=1S/C12H17.No/c1-6-9-12(10(4)5)11(7-2)8-3;/h2,6-10H,1H2,3-5H3;/q-1;/b11-8-,12-9-;. The quantitative estimate of drug-likeness (QED) is 0.481. The van der Waals surface area contributed by atoms with Crippen molar-refractivity contribution in [1.29, 1.82) is 0 Å². The van der Waals surface area contributed by atoms with Crippen LogP contribution in [0.3, 0.4) is 0 Å². The van der Waals surface area contributed by atoms with Crippen molar-refractivity contribution >= 4 is 0 Å². The molecule has 0 bridgehead atoms. The third-order valence-electron chi connectivity index (χ3n) is 1.74. The summed E-state index contributed by atoms with van der Waals surface area (Å²) in [6.07, 6.45) is 7.44. The maximum atomic E-state index is 5.48. The molecule has 0 spiro atoms. The van der Waals surface area contributed by atoms with Gasteiger partial charge in [0, 0.05) is 0 Å². The van der Waals surface area contributed by atoms with Crippen molar-refractivity contribution in [2.24, 2.45) is 5.92 Å². The van der Waals surface area contributed by atoms with Crippen LogP contribution in [-0.2, 0) is 0 Å². The number of hydrogen-bond acceptors (Lipinski definition) is 0. The maximum Gasteiger partial charge on any atom is 0 e. The Kier molecular flexibility index (Phi) is 6.93. The van der Waals surface area contributed by atoms with Crippen LogP contribution in [0, 0.1) is 12.5 Å². The first-order valence-corrected chi connectivity index (χ1v) is 4.21. The fourth-order valence-corrected chi connectivity index (χ4v) is 1.11. The molecule has 1 heteroatoms. The Balaban J connectivity index is 0. The summed E-state index contributed by atoms with van der Waals surface area (Å²) in [6.45, 7) is 15.4. The molecule has 0 heterocycles. The van der Waals surface area contributed by atoms with Crippen molar-refractivity contribution < 1.29 is 0 Å². The summed E-state index contributed by atoms with van der Waals surface area (Å²) in [4.78, 5) is 0. The molecule has 0 aromatic heterocycles. The minimum Gasteiger partial charge on any atom is -0.292 e. The van der Waals surface area contributed by atoms with E-state index in [1.54, 1.807) is 12.2 Å². The van der Waals surface area contributed by atoms with Crippen LogP contribution in [0.2, 0.25) is 0 Å². The molecule has 0 radical (unpaired) electrons. The van der Waals surface area contributed by atoms with Crippen molar-refractivity contribution in [3.8, 4) is 0 Å². The summed E-state index contributed by atoms with van der Waals surface area (Å²) < 4.78 is 0. The van der Waals surface area contributed by atoms with Gasteiger partial charge in [-0.2, -0.15) is 11.6 Å². The number of hydrogen-bond donors (Lipinski definition) is 0. The zero-order valence-electron chi connectivity index (χ0n) is 8.44. The number of allylic oxidation sites excluding steroid dienone is 6. The summed E-state index contributed by atoms with van der Waals surface area (Å²) in [7, 11) is 0. The molecule has 80 valence electrons. The molecule has 0 atom stereocenters. The van der Waals surface area contributed by atoms with Gasteiger partial charge in [0.2, 0.25) is 0 Å². The zero-order valence-corrected chi connectivity index (χ0v) is 10.7. The molecule has 0 aromatic rings. The molecule has 0 amide bonds. The SMILES string of the molecule is [CH-]=CC(=C/C)/C(=C\C=C)C(C)C.[No]. The molecule has 0 aliphatic heterocycles. The summed E-state index contributed by atoms with van der Waals surface area (Å²) in [5.41, 5.74) is 2.32. The van der Waals surface area contributed by atoms with E-state index in [4.69, 9.17) is 6.58 Å². The van der Waals surface area contributed by atoms with Gasteiger partial charge in [0.25, 0.3) is 0 Å². The molecule has 13 heavy (non-hydrogen) atoms. The van der Waals surface area contributed by atoms with Crippen LogP contribution in [-0.4, -0.2) is 0 Å². The van der Waals surface area contributed by atoms with E-state index in [-0.39, 0.29) is 0 Å². The maximum absolute atomic E-state index is 5.48. The summed E-state index contributed by atoms with van der Waals surface area (Å²) in [5.74, 6) is 0.481. The topological polar surface area (TPSA) is 0 Å². The van der Waals surface area contributed by atoms with Crippen molar-refractivity contribution in [3.05, 3.63) is 48.6 Å². The molecule has 0 aromatic carbocycles. The Morgan fingerprint density at radius 2 is 1.92 bits per heavy atom. The van der Waals surface area contributed by atoms with Crippen molar-refractivity contribution in [2.45, 2.75) is 20.8 Å². The third kappa shape index (κ3) is 3.76. The van der Waals surface area contributed by atoms with Crippen molar-refractivity contribution in [1.82, 2.24) is 0 Å². The summed E-state index contributed by atoms with van der Waals surface area (Å²) >= 11 is 0. The zero-order chi connectivity index (χ0) is 9.56. The van der Waals surface area contributed by atoms with Crippen LogP contribution in [0.4, 0.5) is 0 Å². The molecule has 0 saturated heterocycles. The minimum atomic E-state index is 0. The van der Waals surface area contributed by atoms with E-state index in [0.29, 0.717) is 5.92 Å². The van der Waals surface area contributed by atoms with Gasteiger partial charge in [-0.15, -0.1) is 5.57 Å². The molecule has 0 N–H and O–H groups in total. The molecular formula is C12H17No-. The average Bonchev–Trinajstić information content (AvgIpc) is 2.05. The summed E-state index contributed by atoms with van der Waals surface area (Å²) in [5, 5.41) is 0. The molecule has 0 unspecified atom stereocenters. The van der Waals surface area contributed by atoms with Crippen LogP contribution < -0.4 is 0 Å². The van der Waals surface area contributed by atoms with Crippen molar-refractivity contribution in [3.63, 3.8) is 0 Å². The molecule has 0 aliphatic rings. The molecule has 0 aliphatic carbocycles. The second-order valence-electron chi connectivity index (χ2n) is 2.92. The third-order valence-corrected chi connectivity index (χ3v) is 1.74.